The first-order valence-corrected chi connectivity index (χ1v) is 5.96. The third-order valence-electron chi connectivity index (χ3n) is 2.56. The van der Waals surface area contributed by atoms with Gasteiger partial charge in [0.25, 0.3) is 0 Å². The number of nitrogens with zero attached hydrogens (tertiary/aromatic N) is 2. The second-order valence-electron chi connectivity index (χ2n) is 4.21. The Kier molecular flexibility index (Phi) is 4.14. The molecule has 6 heteroatoms. The van der Waals surface area contributed by atoms with E-state index >= 15 is 0 Å². The zero-order valence-electron chi connectivity index (χ0n) is 11.2. The molecule has 2 rings (SSSR count). The molecule has 0 aliphatic carbocycles. The lowest BCUT2D eigenvalue weighted by molar-refractivity contribution is -0.135. The Balaban J connectivity index is 1.96. The van der Waals surface area contributed by atoms with Crippen LogP contribution in [0.2, 0.25) is 0 Å². The quantitative estimate of drug-likeness (QED) is 0.625. The van der Waals surface area contributed by atoms with Gasteiger partial charge < -0.3 is 9.47 Å². The number of aromatic nitrogens is 2. The topological polar surface area (TPSA) is 70.4 Å². The van der Waals surface area contributed by atoms with Crippen molar-refractivity contribution >= 4 is 11.9 Å². The molecule has 2 aromatic rings. The molecule has 1 aromatic heterocycles. The number of rotatable bonds is 4. The number of benzene rings is 1. The largest absolute Gasteiger partial charge is 0.465 e. The van der Waals surface area contributed by atoms with Crippen LogP contribution in [-0.4, -0.2) is 28.8 Å². The van der Waals surface area contributed by atoms with Crippen LogP contribution in [0.15, 0.2) is 36.7 Å². The maximum Gasteiger partial charge on any atom is 0.337 e. The molecule has 0 unspecified atom stereocenters. The smallest absolute Gasteiger partial charge is 0.337 e. The van der Waals surface area contributed by atoms with Gasteiger partial charge in [-0.2, -0.15) is 5.10 Å². The number of carbonyl (C=O) groups is 2. The van der Waals surface area contributed by atoms with E-state index in [9.17, 15) is 9.59 Å². The molecule has 0 saturated heterocycles. The molecular formula is C14H14N2O4. The minimum Gasteiger partial charge on any atom is -0.465 e. The molecule has 6 nitrogen and oxygen atoms in total. The van der Waals surface area contributed by atoms with Crippen molar-refractivity contribution in [3.63, 3.8) is 0 Å². The first-order chi connectivity index (χ1) is 9.58. The zero-order chi connectivity index (χ0) is 14.5. The highest BCUT2D eigenvalue weighted by Crippen LogP contribution is 2.13. The molecule has 20 heavy (non-hydrogen) atoms. The minimum absolute atomic E-state index is 0.0343. The highest BCUT2D eigenvalue weighted by Gasteiger charge is 2.09. The van der Waals surface area contributed by atoms with Gasteiger partial charge in [0, 0.05) is 6.20 Å². The van der Waals surface area contributed by atoms with Crippen molar-refractivity contribution in [1.29, 1.82) is 0 Å². The van der Waals surface area contributed by atoms with Crippen molar-refractivity contribution in [3.8, 4) is 5.75 Å². The zero-order valence-corrected chi connectivity index (χ0v) is 11.2. The van der Waals surface area contributed by atoms with Crippen molar-refractivity contribution in [1.82, 2.24) is 9.78 Å². The number of methoxy groups -OCH3 is 1. The minimum atomic E-state index is -0.435. The number of hydrogen-bond donors (Lipinski definition) is 0. The molecule has 0 N–H and O–H groups in total. The van der Waals surface area contributed by atoms with Crippen LogP contribution in [0.1, 0.15) is 15.9 Å². The molecule has 0 saturated carbocycles. The van der Waals surface area contributed by atoms with E-state index in [1.807, 2.05) is 6.92 Å². The average molecular weight is 274 g/mol. The van der Waals surface area contributed by atoms with Gasteiger partial charge in [-0.25, -0.2) is 9.59 Å². The fraction of sp³-hybridized carbons (Fsp3) is 0.214. The van der Waals surface area contributed by atoms with Crippen molar-refractivity contribution in [2.24, 2.45) is 0 Å². The number of aryl methyl sites for hydroxylation is 1. The second kappa shape index (κ2) is 6.01. The lowest BCUT2D eigenvalue weighted by Gasteiger charge is -2.05. The summed E-state index contributed by atoms with van der Waals surface area (Å²) in [5, 5.41) is 4.00. The van der Waals surface area contributed by atoms with E-state index in [-0.39, 0.29) is 6.54 Å². The lowest BCUT2D eigenvalue weighted by atomic mass is 10.2. The van der Waals surface area contributed by atoms with Gasteiger partial charge in [-0.1, -0.05) is 0 Å². The van der Waals surface area contributed by atoms with Gasteiger partial charge in [0.05, 0.1) is 18.9 Å². The predicted molar refractivity (Wildman–Crippen MR) is 70.4 cm³/mol. The van der Waals surface area contributed by atoms with Crippen LogP contribution < -0.4 is 4.74 Å². The van der Waals surface area contributed by atoms with Gasteiger partial charge in [-0.3, -0.25) is 4.68 Å². The van der Waals surface area contributed by atoms with E-state index < -0.39 is 11.9 Å². The van der Waals surface area contributed by atoms with Crippen molar-refractivity contribution in [2.45, 2.75) is 13.5 Å². The van der Waals surface area contributed by atoms with Gasteiger partial charge >= 0.3 is 11.9 Å². The summed E-state index contributed by atoms with van der Waals surface area (Å²) in [6.45, 7) is 1.92. The van der Waals surface area contributed by atoms with E-state index in [1.165, 1.54) is 23.9 Å². The van der Waals surface area contributed by atoms with Crippen LogP contribution in [-0.2, 0) is 16.1 Å². The summed E-state index contributed by atoms with van der Waals surface area (Å²) in [6, 6.07) is 6.15. The predicted octanol–water partition coefficient (Wildman–Crippen LogP) is 1.58. The van der Waals surface area contributed by atoms with E-state index in [0.29, 0.717) is 11.3 Å². The Bertz CT molecular complexity index is 616. The van der Waals surface area contributed by atoms with Crippen molar-refractivity contribution in [2.75, 3.05) is 7.11 Å². The van der Waals surface area contributed by atoms with E-state index in [0.717, 1.165) is 5.56 Å². The molecular weight excluding hydrogens is 260 g/mol. The standard InChI is InChI=1S/C14H14N2O4/c1-10-7-15-16(8-10)9-13(17)20-12-5-3-11(4-6-12)14(18)19-2/h3-8H,9H2,1-2H3. The molecule has 0 bridgehead atoms. The van der Waals surface area contributed by atoms with Crippen LogP contribution in [0.25, 0.3) is 0 Å². The van der Waals surface area contributed by atoms with E-state index in [1.54, 1.807) is 24.5 Å². The van der Waals surface area contributed by atoms with Crippen molar-refractivity contribution in [3.05, 3.63) is 47.8 Å². The van der Waals surface area contributed by atoms with Crippen LogP contribution in [0, 0.1) is 6.92 Å². The first kappa shape index (κ1) is 13.8. The normalized spacial score (nSPS) is 10.1. The van der Waals surface area contributed by atoms with Gasteiger partial charge in [0.15, 0.2) is 0 Å². The summed E-state index contributed by atoms with van der Waals surface area (Å²) < 4.78 is 11.2. The van der Waals surface area contributed by atoms with Gasteiger partial charge in [-0.15, -0.1) is 0 Å². The average Bonchev–Trinajstić information content (AvgIpc) is 2.84. The van der Waals surface area contributed by atoms with Gasteiger partial charge in [-0.05, 0) is 36.8 Å². The molecule has 1 heterocycles. The summed E-state index contributed by atoms with van der Waals surface area (Å²) >= 11 is 0. The number of carbonyl (C=O) groups excluding carboxylic acids is 2. The monoisotopic (exact) mass is 274 g/mol. The Morgan fingerprint density at radius 1 is 1.25 bits per heavy atom. The maximum absolute atomic E-state index is 11.7. The number of ether oxygens (including phenoxy) is 2. The molecule has 0 aliphatic heterocycles. The van der Waals surface area contributed by atoms with Crippen LogP contribution in [0.3, 0.4) is 0 Å². The van der Waals surface area contributed by atoms with E-state index in [4.69, 9.17) is 4.74 Å². The Hall–Kier alpha value is -2.63. The third kappa shape index (κ3) is 3.44. The molecule has 0 atom stereocenters. The van der Waals surface area contributed by atoms with Crippen LogP contribution in [0.4, 0.5) is 0 Å². The fourth-order valence-electron chi connectivity index (χ4n) is 1.63. The molecule has 0 aliphatic rings. The fourth-order valence-corrected chi connectivity index (χ4v) is 1.63. The van der Waals surface area contributed by atoms with Gasteiger partial charge in [0.2, 0.25) is 0 Å². The van der Waals surface area contributed by atoms with Crippen LogP contribution >= 0.6 is 0 Å². The molecule has 1 aromatic carbocycles. The highest BCUT2D eigenvalue weighted by molar-refractivity contribution is 5.89. The Morgan fingerprint density at radius 3 is 2.50 bits per heavy atom. The summed E-state index contributed by atoms with van der Waals surface area (Å²) in [4.78, 5) is 22.9. The Labute approximate surface area is 115 Å². The molecule has 0 radical (unpaired) electrons. The van der Waals surface area contributed by atoms with E-state index in [2.05, 4.69) is 9.84 Å². The van der Waals surface area contributed by atoms with Crippen LogP contribution in [0.5, 0.6) is 5.75 Å². The SMILES string of the molecule is COC(=O)c1ccc(OC(=O)Cn2cc(C)cn2)cc1. The molecule has 0 fully saturated rings. The molecule has 0 spiro atoms. The summed E-state index contributed by atoms with van der Waals surface area (Å²) in [7, 11) is 1.31. The Morgan fingerprint density at radius 2 is 1.95 bits per heavy atom. The summed E-state index contributed by atoms with van der Waals surface area (Å²) in [5.41, 5.74) is 1.37. The highest BCUT2D eigenvalue weighted by atomic mass is 16.5. The third-order valence-corrected chi connectivity index (χ3v) is 2.56. The summed E-state index contributed by atoms with van der Waals surface area (Å²) in [5.74, 6) is -0.500. The van der Waals surface area contributed by atoms with Crippen molar-refractivity contribution < 1.29 is 19.1 Å². The molecule has 104 valence electrons. The number of esters is 2. The molecule has 0 amide bonds. The lowest BCUT2D eigenvalue weighted by Crippen LogP contribution is -2.16. The summed E-state index contributed by atoms with van der Waals surface area (Å²) in [6.07, 6.45) is 3.42. The van der Waals surface area contributed by atoms with Gasteiger partial charge in [0.1, 0.15) is 12.3 Å². The second-order valence-corrected chi connectivity index (χ2v) is 4.21. The maximum atomic E-state index is 11.7. The first-order valence-electron chi connectivity index (χ1n) is 5.96. The number of hydrogen-bond acceptors (Lipinski definition) is 5.